The number of benzene rings is 1. The van der Waals surface area contributed by atoms with E-state index in [1.54, 1.807) is 31.2 Å². The number of ether oxygens (including phenoxy) is 1. The van der Waals surface area contributed by atoms with Crippen LogP contribution in [-0.4, -0.2) is 30.3 Å². The summed E-state index contributed by atoms with van der Waals surface area (Å²) < 4.78 is 4.66. The first kappa shape index (κ1) is 17.0. The van der Waals surface area contributed by atoms with Crippen molar-refractivity contribution in [3.63, 3.8) is 0 Å². The lowest BCUT2D eigenvalue weighted by atomic mass is 10.1. The monoisotopic (exact) mass is 294 g/mol. The highest BCUT2D eigenvalue weighted by molar-refractivity contribution is 5.92. The summed E-state index contributed by atoms with van der Waals surface area (Å²) in [6, 6.07) is 5.63. The van der Waals surface area contributed by atoms with E-state index in [1.807, 2.05) is 13.8 Å². The lowest BCUT2D eigenvalue weighted by Gasteiger charge is -2.20. The van der Waals surface area contributed by atoms with E-state index in [0.717, 1.165) is 5.56 Å². The zero-order valence-electron chi connectivity index (χ0n) is 12.7. The smallest absolute Gasteiger partial charge is 0.328 e. The fourth-order valence-corrected chi connectivity index (χ4v) is 1.78. The molecule has 2 amide bonds. The van der Waals surface area contributed by atoms with Gasteiger partial charge in [0.25, 0.3) is 0 Å². The van der Waals surface area contributed by atoms with Gasteiger partial charge in [-0.15, -0.1) is 0 Å². The van der Waals surface area contributed by atoms with Crippen LogP contribution in [0.15, 0.2) is 24.3 Å². The van der Waals surface area contributed by atoms with E-state index in [0.29, 0.717) is 5.69 Å². The van der Waals surface area contributed by atoms with Gasteiger partial charge < -0.3 is 20.5 Å². The number of esters is 1. The fourth-order valence-electron chi connectivity index (χ4n) is 1.78. The summed E-state index contributed by atoms with van der Waals surface area (Å²) in [5.74, 6) is -0.564. The number of hydrogen-bond donors (Lipinski definition) is 3. The molecule has 0 aliphatic rings. The largest absolute Gasteiger partial charge is 0.467 e. The Bertz CT molecular complexity index is 483. The van der Waals surface area contributed by atoms with Crippen LogP contribution in [0.25, 0.3) is 0 Å². The molecule has 0 bridgehead atoms. The Hall–Kier alpha value is -2.08. The van der Waals surface area contributed by atoms with Gasteiger partial charge in [0.15, 0.2) is 0 Å². The second-order valence-corrected chi connectivity index (χ2v) is 5.14. The summed E-state index contributed by atoms with van der Waals surface area (Å²) in [6.07, 6.45) is -0.558. The summed E-state index contributed by atoms with van der Waals surface area (Å²) in [4.78, 5) is 23.5. The molecular weight excluding hydrogens is 272 g/mol. The molecule has 0 saturated carbocycles. The van der Waals surface area contributed by atoms with E-state index in [1.165, 1.54) is 7.11 Å². The van der Waals surface area contributed by atoms with Crippen molar-refractivity contribution in [2.24, 2.45) is 5.92 Å². The summed E-state index contributed by atoms with van der Waals surface area (Å²) in [5, 5.41) is 14.6. The van der Waals surface area contributed by atoms with E-state index >= 15 is 0 Å². The molecule has 0 aliphatic heterocycles. The molecule has 116 valence electrons. The molecule has 0 saturated heterocycles. The molecule has 1 aromatic rings. The molecule has 0 aromatic heterocycles. The Morgan fingerprint density at radius 3 is 2.14 bits per heavy atom. The first-order valence-electron chi connectivity index (χ1n) is 6.78. The molecule has 3 N–H and O–H groups in total. The van der Waals surface area contributed by atoms with Crippen LogP contribution in [0.1, 0.15) is 32.4 Å². The second-order valence-electron chi connectivity index (χ2n) is 5.14. The Morgan fingerprint density at radius 2 is 1.71 bits per heavy atom. The highest BCUT2D eigenvalue weighted by atomic mass is 16.5. The van der Waals surface area contributed by atoms with Gasteiger partial charge in [-0.25, -0.2) is 9.59 Å². The number of anilines is 1. The SMILES string of the molecule is COC(=O)C(NC(=O)Nc1ccc(C(C)O)cc1)C(C)C. The maximum atomic E-state index is 11.9. The van der Waals surface area contributed by atoms with Gasteiger partial charge in [-0.05, 0) is 30.5 Å². The molecule has 21 heavy (non-hydrogen) atoms. The zero-order valence-corrected chi connectivity index (χ0v) is 12.7. The average molecular weight is 294 g/mol. The maximum Gasteiger partial charge on any atom is 0.328 e. The first-order valence-corrected chi connectivity index (χ1v) is 6.78. The number of hydrogen-bond acceptors (Lipinski definition) is 4. The van der Waals surface area contributed by atoms with Crippen molar-refractivity contribution in [1.29, 1.82) is 0 Å². The molecule has 0 radical (unpaired) electrons. The topological polar surface area (TPSA) is 87.7 Å². The van der Waals surface area contributed by atoms with Crippen molar-refractivity contribution in [2.45, 2.75) is 32.9 Å². The van der Waals surface area contributed by atoms with E-state index in [2.05, 4.69) is 15.4 Å². The molecule has 6 nitrogen and oxygen atoms in total. The summed E-state index contributed by atoms with van der Waals surface area (Å²) in [6.45, 7) is 5.30. The number of aliphatic hydroxyl groups is 1. The van der Waals surface area contributed by atoms with Gasteiger partial charge in [-0.1, -0.05) is 26.0 Å². The van der Waals surface area contributed by atoms with Gasteiger partial charge in [0, 0.05) is 5.69 Å². The van der Waals surface area contributed by atoms with Crippen molar-refractivity contribution < 1.29 is 19.4 Å². The molecule has 0 heterocycles. The number of carbonyl (C=O) groups is 2. The highest BCUT2D eigenvalue weighted by Gasteiger charge is 2.24. The van der Waals surface area contributed by atoms with Crippen LogP contribution in [0.4, 0.5) is 10.5 Å². The van der Waals surface area contributed by atoms with Crippen LogP contribution in [-0.2, 0) is 9.53 Å². The lowest BCUT2D eigenvalue weighted by molar-refractivity contribution is -0.143. The van der Waals surface area contributed by atoms with E-state index in [-0.39, 0.29) is 5.92 Å². The Morgan fingerprint density at radius 1 is 1.14 bits per heavy atom. The maximum absolute atomic E-state index is 11.9. The van der Waals surface area contributed by atoms with Gasteiger partial charge in [0.05, 0.1) is 13.2 Å². The van der Waals surface area contributed by atoms with Crippen molar-refractivity contribution >= 4 is 17.7 Å². The highest BCUT2D eigenvalue weighted by Crippen LogP contribution is 2.15. The Kier molecular flexibility index (Phi) is 6.17. The molecule has 1 aromatic carbocycles. The van der Waals surface area contributed by atoms with Gasteiger partial charge >= 0.3 is 12.0 Å². The third-order valence-corrected chi connectivity index (χ3v) is 3.06. The van der Waals surface area contributed by atoms with Gasteiger partial charge in [-0.3, -0.25) is 0 Å². The van der Waals surface area contributed by atoms with E-state index in [4.69, 9.17) is 0 Å². The molecule has 0 fully saturated rings. The number of urea groups is 1. The number of aliphatic hydroxyl groups excluding tert-OH is 1. The molecule has 2 unspecified atom stereocenters. The van der Waals surface area contributed by atoms with Gasteiger partial charge in [0.1, 0.15) is 6.04 Å². The van der Waals surface area contributed by atoms with Crippen LogP contribution < -0.4 is 10.6 Å². The third kappa shape index (κ3) is 5.07. The van der Waals surface area contributed by atoms with Crippen LogP contribution in [0.5, 0.6) is 0 Å². The quantitative estimate of drug-likeness (QED) is 0.725. The van der Waals surface area contributed by atoms with Crippen molar-refractivity contribution in [3.05, 3.63) is 29.8 Å². The van der Waals surface area contributed by atoms with Crippen LogP contribution in [0.3, 0.4) is 0 Å². The van der Waals surface area contributed by atoms with Crippen molar-refractivity contribution in [1.82, 2.24) is 5.32 Å². The lowest BCUT2D eigenvalue weighted by Crippen LogP contribution is -2.46. The molecule has 0 spiro atoms. The molecule has 2 atom stereocenters. The predicted molar refractivity (Wildman–Crippen MR) is 79.9 cm³/mol. The van der Waals surface area contributed by atoms with E-state index < -0.39 is 24.1 Å². The number of methoxy groups -OCH3 is 1. The number of carbonyl (C=O) groups excluding carboxylic acids is 2. The number of nitrogens with one attached hydrogen (secondary N) is 2. The normalized spacial score (nSPS) is 13.4. The fraction of sp³-hybridized carbons (Fsp3) is 0.467. The number of rotatable bonds is 5. The van der Waals surface area contributed by atoms with Crippen LogP contribution in [0, 0.1) is 5.92 Å². The summed E-state index contributed by atoms with van der Waals surface area (Å²) in [7, 11) is 1.28. The minimum Gasteiger partial charge on any atom is -0.467 e. The average Bonchev–Trinajstić information content (AvgIpc) is 2.44. The molecule has 0 aliphatic carbocycles. The Labute approximate surface area is 124 Å². The summed E-state index contributed by atoms with van der Waals surface area (Å²) in [5.41, 5.74) is 1.33. The molecule has 1 rings (SSSR count). The minimum atomic E-state index is -0.702. The zero-order chi connectivity index (χ0) is 16.0. The van der Waals surface area contributed by atoms with E-state index in [9.17, 15) is 14.7 Å². The number of amides is 2. The van der Waals surface area contributed by atoms with Gasteiger partial charge in [0.2, 0.25) is 0 Å². The molecule has 6 heteroatoms. The van der Waals surface area contributed by atoms with Crippen LogP contribution >= 0.6 is 0 Å². The standard InChI is InChI=1S/C15H22N2O4/c1-9(2)13(14(19)21-4)17-15(20)16-12-7-5-11(6-8-12)10(3)18/h5-10,13,18H,1-4H3,(H2,16,17,20). The van der Waals surface area contributed by atoms with Crippen molar-refractivity contribution in [3.8, 4) is 0 Å². The van der Waals surface area contributed by atoms with Gasteiger partial charge in [-0.2, -0.15) is 0 Å². The second kappa shape index (κ2) is 7.64. The third-order valence-electron chi connectivity index (χ3n) is 3.06. The first-order chi connectivity index (χ1) is 9.85. The minimum absolute atomic E-state index is 0.0826. The van der Waals surface area contributed by atoms with Crippen LogP contribution in [0.2, 0.25) is 0 Å². The molecular formula is C15H22N2O4. The predicted octanol–water partition coefficient (Wildman–Crippen LogP) is 2.06. The van der Waals surface area contributed by atoms with Crippen molar-refractivity contribution in [2.75, 3.05) is 12.4 Å². The summed E-state index contributed by atoms with van der Waals surface area (Å²) >= 11 is 0. The Balaban J connectivity index is 2.65.